The molecule has 1 aromatic heterocycles. The first kappa shape index (κ1) is 14.6. The SMILES string of the molecule is Cc1nc2cc(NCC[C@@H]3CN(C(=O)O)CCN3)ccc2o1. The summed E-state index contributed by atoms with van der Waals surface area (Å²) in [6.45, 7) is 4.41. The molecule has 2 aromatic rings. The summed E-state index contributed by atoms with van der Waals surface area (Å²) < 4.78 is 5.45. The zero-order chi connectivity index (χ0) is 15.5. The number of rotatable bonds is 4. The summed E-state index contributed by atoms with van der Waals surface area (Å²) in [5.41, 5.74) is 2.62. The van der Waals surface area contributed by atoms with Crippen molar-refractivity contribution in [2.24, 2.45) is 0 Å². The largest absolute Gasteiger partial charge is 0.465 e. The monoisotopic (exact) mass is 304 g/mol. The van der Waals surface area contributed by atoms with E-state index in [1.165, 1.54) is 4.90 Å². The van der Waals surface area contributed by atoms with Crippen LogP contribution in [-0.4, -0.2) is 53.3 Å². The first-order valence-corrected chi connectivity index (χ1v) is 7.44. The van der Waals surface area contributed by atoms with E-state index in [0.29, 0.717) is 25.5 Å². The van der Waals surface area contributed by atoms with Crippen LogP contribution >= 0.6 is 0 Å². The molecular weight excluding hydrogens is 284 g/mol. The molecule has 7 nitrogen and oxygen atoms in total. The molecule has 1 atom stereocenters. The number of nitrogens with one attached hydrogen (secondary N) is 2. The van der Waals surface area contributed by atoms with Crippen molar-refractivity contribution < 1.29 is 14.3 Å². The fourth-order valence-electron chi connectivity index (χ4n) is 2.74. The second kappa shape index (κ2) is 6.23. The predicted octanol–water partition coefficient (Wildman–Crippen LogP) is 1.89. The highest BCUT2D eigenvalue weighted by Gasteiger charge is 2.22. The zero-order valence-corrected chi connectivity index (χ0v) is 12.5. The van der Waals surface area contributed by atoms with Crippen molar-refractivity contribution in [2.75, 3.05) is 31.5 Å². The molecule has 0 unspecified atom stereocenters. The van der Waals surface area contributed by atoms with Gasteiger partial charge in [0.1, 0.15) is 5.52 Å². The van der Waals surface area contributed by atoms with Gasteiger partial charge in [-0.05, 0) is 24.6 Å². The van der Waals surface area contributed by atoms with E-state index >= 15 is 0 Å². The van der Waals surface area contributed by atoms with E-state index < -0.39 is 6.09 Å². The molecule has 118 valence electrons. The molecule has 0 saturated carbocycles. The molecule has 22 heavy (non-hydrogen) atoms. The van der Waals surface area contributed by atoms with E-state index in [-0.39, 0.29) is 6.04 Å². The van der Waals surface area contributed by atoms with E-state index in [1.807, 2.05) is 25.1 Å². The van der Waals surface area contributed by atoms with Crippen LogP contribution in [-0.2, 0) is 0 Å². The minimum absolute atomic E-state index is 0.190. The van der Waals surface area contributed by atoms with E-state index in [0.717, 1.165) is 29.8 Å². The first-order chi connectivity index (χ1) is 10.6. The Hall–Kier alpha value is -2.28. The van der Waals surface area contributed by atoms with Gasteiger partial charge in [0.25, 0.3) is 0 Å². The first-order valence-electron chi connectivity index (χ1n) is 7.44. The number of carboxylic acid groups (broad SMARTS) is 1. The van der Waals surface area contributed by atoms with Gasteiger partial charge in [-0.25, -0.2) is 9.78 Å². The predicted molar refractivity (Wildman–Crippen MR) is 83.2 cm³/mol. The normalized spacial score (nSPS) is 18.6. The molecule has 1 fully saturated rings. The van der Waals surface area contributed by atoms with E-state index in [2.05, 4.69) is 15.6 Å². The average Bonchev–Trinajstić information content (AvgIpc) is 2.87. The summed E-state index contributed by atoms with van der Waals surface area (Å²) in [5, 5.41) is 15.7. The van der Waals surface area contributed by atoms with Crippen LogP contribution in [0.3, 0.4) is 0 Å². The lowest BCUT2D eigenvalue weighted by atomic mass is 10.1. The summed E-state index contributed by atoms with van der Waals surface area (Å²) in [4.78, 5) is 16.8. The Bertz CT molecular complexity index is 670. The van der Waals surface area contributed by atoms with Crippen LogP contribution in [0.2, 0.25) is 0 Å². The van der Waals surface area contributed by atoms with Gasteiger partial charge in [0.15, 0.2) is 11.5 Å². The van der Waals surface area contributed by atoms with Crippen molar-refractivity contribution in [1.82, 2.24) is 15.2 Å². The van der Waals surface area contributed by atoms with Crippen molar-refractivity contribution in [1.29, 1.82) is 0 Å². The fourth-order valence-corrected chi connectivity index (χ4v) is 2.74. The van der Waals surface area contributed by atoms with Crippen LogP contribution in [0.4, 0.5) is 10.5 Å². The molecule has 0 radical (unpaired) electrons. The molecule has 7 heteroatoms. The summed E-state index contributed by atoms with van der Waals surface area (Å²) in [7, 11) is 0. The van der Waals surface area contributed by atoms with Gasteiger partial charge in [-0.3, -0.25) is 0 Å². The Morgan fingerprint density at radius 1 is 1.59 bits per heavy atom. The molecule has 2 heterocycles. The number of aryl methyl sites for hydroxylation is 1. The molecule has 0 bridgehead atoms. The summed E-state index contributed by atoms with van der Waals surface area (Å²) in [6.07, 6.45) is 0.0194. The minimum atomic E-state index is -0.841. The van der Waals surface area contributed by atoms with Gasteiger partial charge >= 0.3 is 6.09 Å². The molecule has 1 saturated heterocycles. The molecular formula is C15H20N4O3. The Morgan fingerprint density at radius 3 is 3.27 bits per heavy atom. The van der Waals surface area contributed by atoms with Gasteiger partial charge in [-0.15, -0.1) is 0 Å². The van der Waals surface area contributed by atoms with Crippen molar-refractivity contribution in [3.8, 4) is 0 Å². The summed E-state index contributed by atoms with van der Waals surface area (Å²) in [6, 6.07) is 6.02. The summed E-state index contributed by atoms with van der Waals surface area (Å²) >= 11 is 0. The Balaban J connectivity index is 1.52. The van der Waals surface area contributed by atoms with Crippen LogP contribution in [0.5, 0.6) is 0 Å². The summed E-state index contributed by atoms with van der Waals surface area (Å²) in [5.74, 6) is 0.660. The number of anilines is 1. The van der Waals surface area contributed by atoms with Crippen molar-refractivity contribution in [3.05, 3.63) is 24.1 Å². The maximum Gasteiger partial charge on any atom is 0.407 e. The zero-order valence-electron chi connectivity index (χ0n) is 12.5. The quantitative estimate of drug-likeness (QED) is 0.799. The Morgan fingerprint density at radius 2 is 2.45 bits per heavy atom. The molecule has 3 N–H and O–H groups in total. The highest BCUT2D eigenvalue weighted by Crippen LogP contribution is 2.19. The van der Waals surface area contributed by atoms with Crippen molar-refractivity contribution in [3.63, 3.8) is 0 Å². The lowest BCUT2D eigenvalue weighted by Crippen LogP contribution is -2.52. The number of nitrogens with zero attached hydrogens (tertiary/aromatic N) is 2. The van der Waals surface area contributed by atoms with Gasteiger partial charge in [-0.1, -0.05) is 0 Å². The third-order valence-electron chi connectivity index (χ3n) is 3.84. The van der Waals surface area contributed by atoms with Gasteiger partial charge in [0.2, 0.25) is 0 Å². The standard InChI is InChI=1S/C15H20N4O3/c1-10-18-13-8-11(2-3-14(13)22-10)16-5-4-12-9-19(15(20)21)7-6-17-12/h2-3,8,12,16-17H,4-7,9H2,1H3,(H,20,21)/t12-/m1/s1. The number of piperazine rings is 1. The Labute approximate surface area is 128 Å². The van der Waals surface area contributed by atoms with E-state index in [1.54, 1.807) is 0 Å². The van der Waals surface area contributed by atoms with Gasteiger partial charge in [0, 0.05) is 44.8 Å². The molecule has 0 aliphatic carbocycles. The number of oxazole rings is 1. The smallest absolute Gasteiger partial charge is 0.407 e. The van der Waals surface area contributed by atoms with Crippen molar-refractivity contribution >= 4 is 22.9 Å². The topological polar surface area (TPSA) is 90.6 Å². The van der Waals surface area contributed by atoms with E-state index in [4.69, 9.17) is 9.52 Å². The Kier molecular flexibility index (Phi) is 4.15. The van der Waals surface area contributed by atoms with Gasteiger partial charge < -0.3 is 25.1 Å². The number of amides is 1. The second-order valence-electron chi connectivity index (χ2n) is 5.51. The molecule has 0 spiro atoms. The molecule has 1 aliphatic rings. The van der Waals surface area contributed by atoms with E-state index in [9.17, 15) is 4.79 Å². The van der Waals surface area contributed by atoms with Crippen LogP contribution in [0.1, 0.15) is 12.3 Å². The van der Waals surface area contributed by atoms with Crippen LogP contribution in [0.25, 0.3) is 11.1 Å². The second-order valence-corrected chi connectivity index (χ2v) is 5.51. The third kappa shape index (κ3) is 3.30. The number of hydrogen-bond acceptors (Lipinski definition) is 5. The number of hydrogen-bond donors (Lipinski definition) is 3. The fraction of sp³-hybridized carbons (Fsp3) is 0.467. The van der Waals surface area contributed by atoms with Gasteiger partial charge in [-0.2, -0.15) is 0 Å². The lowest BCUT2D eigenvalue weighted by Gasteiger charge is -2.31. The van der Waals surface area contributed by atoms with Crippen LogP contribution in [0, 0.1) is 6.92 Å². The number of carbonyl (C=O) groups is 1. The maximum atomic E-state index is 11.0. The molecule has 3 rings (SSSR count). The lowest BCUT2D eigenvalue weighted by molar-refractivity contribution is 0.128. The molecule has 1 amide bonds. The van der Waals surface area contributed by atoms with Crippen molar-refractivity contribution in [2.45, 2.75) is 19.4 Å². The number of benzene rings is 1. The van der Waals surface area contributed by atoms with Gasteiger partial charge in [0.05, 0.1) is 0 Å². The third-order valence-corrected chi connectivity index (χ3v) is 3.84. The van der Waals surface area contributed by atoms with Crippen LogP contribution in [0.15, 0.2) is 22.6 Å². The highest BCUT2D eigenvalue weighted by atomic mass is 16.4. The molecule has 1 aromatic carbocycles. The van der Waals surface area contributed by atoms with Crippen LogP contribution < -0.4 is 10.6 Å². The average molecular weight is 304 g/mol. The number of aromatic nitrogens is 1. The highest BCUT2D eigenvalue weighted by molar-refractivity contribution is 5.77. The number of fused-ring (bicyclic) bond motifs is 1. The maximum absolute atomic E-state index is 11.0. The molecule has 1 aliphatic heterocycles. The minimum Gasteiger partial charge on any atom is -0.465 e.